The second-order valence-electron chi connectivity index (χ2n) is 7.15. The number of ether oxygens (including phenoxy) is 3. The number of carboxylic acid groups (broad SMARTS) is 1. The van der Waals surface area contributed by atoms with Crippen molar-refractivity contribution < 1.29 is 33.7 Å². The van der Waals surface area contributed by atoms with E-state index in [1.54, 1.807) is 20.8 Å². The monoisotopic (exact) mass is 410 g/mol. The fourth-order valence-electron chi connectivity index (χ4n) is 2.10. The molecule has 0 aromatic heterocycles. The number of hydrogen-bond donors (Lipinski definition) is 3. The minimum Gasteiger partial charge on any atom is -0.478 e. The summed E-state index contributed by atoms with van der Waals surface area (Å²) in [4.78, 5) is 34.1. The lowest BCUT2D eigenvalue weighted by Crippen LogP contribution is -2.33. The van der Waals surface area contributed by atoms with Gasteiger partial charge in [-0.2, -0.15) is 0 Å². The average molecular weight is 410 g/mol. The maximum atomic E-state index is 11.9. The molecule has 1 rings (SSSR count). The third kappa shape index (κ3) is 11.7. The Kier molecular flexibility index (Phi) is 10.7. The summed E-state index contributed by atoms with van der Waals surface area (Å²) in [6.45, 7) is 7.85. The number of alkyl carbamates (subject to hydrolysis) is 1. The highest BCUT2D eigenvalue weighted by Gasteiger charge is 2.15. The van der Waals surface area contributed by atoms with Gasteiger partial charge in [-0.1, -0.05) is 0 Å². The van der Waals surface area contributed by atoms with Crippen molar-refractivity contribution in [3.8, 4) is 0 Å². The lowest BCUT2D eigenvalue weighted by atomic mass is 10.1. The molecule has 0 radical (unpaired) electrons. The predicted octanol–water partition coefficient (Wildman–Crippen LogP) is 2.06. The predicted molar refractivity (Wildman–Crippen MR) is 106 cm³/mol. The van der Waals surface area contributed by atoms with E-state index in [2.05, 4.69) is 10.6 Å². The minimum absolute atomic E-state index is 0.130. The SMILES string of the molecule is CC(C)(C)OC(=O)NCCCOCCOCCNC(=O)c1ccc(C(=O)O)cc1. The van der Waals surface area contributed by atoms with E-state index >= 15 is 0 Å². The molecule has 3 N–H and O–H groups in total. The molecule has 0 saturated carbocycles. The van der Waals surface area contributed by atoms with Gasteiger partial charge in [-0.25, -0.2) is 9.59 Å². The van der Waals surface area contributed by atoms with E-state index in [4.69, 9.17) is 19.3 Å². The molecular weight excluding hydrogens is 380 g/mol. The van der Waals surface area contributed by atoms with E-state index < -0.39 is 17.7 Å². The standard InChI is InChI=1S/C20H30N2O7/c1-20(2,3)29-19(26)22-9-4-11-27-13-14-28-12-10-21-17(23)15-5-7-16(8-6-15)18(24)25/h5-8H,4,9-14H2,1-3H3,(H,21,23)(H,22,26)(H,24,25). The van der Waals surface area contributed by atoms with E-state index in [1.165, 1.54) is 24.3 Å². The van der Waals surface area contributed by atoms with Crippen molar-refractivity contribution in [1.29, 1.82) is 0 Å². The highest BCUT2D eigenvalue weighted by molar-refractivity contribution is 5.95. The van der Waals surface area contributed by atoms with E-state index in [0.29, 0.717) is 51.5 Å². The molecule has 0 aliphatic rings. The van der Waals surface area contributed by atoms with Gasteiger partial charge in [0.2, 0.25) is 0 Å². The number of benzene rings is 1. The fourth-order valence-corrected chi connectivity index (χ4v) is 2.10. The van der Waals surface area contributed by atoms with Gasteiger partial charge in [0, 0.05) is 25.3 Å². The number of aromatic carboxylic acids is 1. The van der Waals surface area contributed by atoms with Gasteiger partial charge in [0.15, 0.2) is 0 Å². The van der Waals surface area contributed by atoms with Gasteiger partial charge in [0.25, 0.3) is 5.91 Å². The molecule has 0 saturated heterocycles. The van der Waals surface area contributed by atoms with Crippen LogP contribution < -0.4 is 10.6 Å². The van der Waals surface area contributed by atoms with Crippen LogP contribution in [0.4, 0.5) is 4.79 Å². The molecule has 1 aromatic rings. The Morgan fingerprint density at radius 3 is 2.03 bits per heavy atom. The summed E-state index contributed by atoms with van der Waals surface area (Å²) in [7, 11) is 0. The van der Waals surface area contributed by atoms with Gasteiger partial charge in [-0.15, -0.1) is 0 Å². The smallest absolute Gasteiger partial charge is 0.407 e. The Bertz CT molecular complexity index is 654. The van der Waals surface area contributed by atoms with Crippen LogP contribution in [0.25, 0.3) is 0 Å². The summed E-state index contributed by atoms with van der Waals surface area (Å²) < 4.78 is 15.9. The van der Waals surface area contributed by atoms with E-state index in [0.717, 1.165) is 0 Å². The molecule has 0 unspecified atom stereocenters. The molecule has 9 nitrogen and oxygen atoms in total. The van der Waals surface area contributed by atoms with Crippen molar-refractivity contribution in [3.63, 3.8) is 0 Å². The molecule has 0 fully saturated rings. The van der Waals surface area contributed by atoms with Crippen molar-refractivity contribution in [2.24, 2.45) is 0 Å². The molecule has 29 heavy (non-hydrogen) atoms. The lowest BCUT2D eigenvalue weighted by Gasteiger charge is -2.19. The summed E-state index contributed by atoms with van der Waals surface area (Å²) >= 11 is 0. The highest BCUT2D eigenvalue weighted by Crippen LogP contribution is 2.06. The van der Waals surface area contributed by atoms with Gasteiger partial charge >= 0.3 is 12.1 Å². The molecule has 0 heterocycles. The van der Waals surface area contributed by atoms with E-state index in [9.17, 15) is 14.4 Å². The fraction of sp³-hybridized carbons (Fsp3) is 0.550. The third-order valence-electron chi connectivity index (χ3n) is 3.43. The Morgan fingerprint density at radius 1 is 0.862 bits per heavy atom. The molecule has 0 spiro atoms. The number of hydrogen-bond acceptors (Lipinski definition) is 6. The summed E-state index contributed by atoms with van der Waals surface area (Å²) in [6, 6.07) is 5.69. The van der Waals surface area contributed by atoms with Crippen LogP contribution in [0.5, 0.6) is 0 Å². The molecule has 0 bridgehead atoms. The zero-order valence-corrected chi connectivity index (χ0v) is 17.2. The van der Waals surface area contributed by atoms with Crippen LogP contribution in [0.3, 0.4) is 0 Å². The van der Waals surface area contributed by atoms with Crippen LogP contribution in [0.1, 0.15) is 47.9 Å². The first kappa shape index (κ1) is 24.4. The Morgan fingerprint density at radius 2 is 1.45 bits per heavy atom. The number of amides is 2. The van der Waals surface area contributed by atoms with Crippen LogP contribution in [-0.2, 0) is 14.2 Å². The van der Waals surface area contributed by atoms with Crippen LogP contribution in [0.2, 0.25) is 0 Å². The molecule has 162 valence electrons. The zero-order valence-electron chi connectivity index (χ0n) is 17.2. The normalized spacial score (nSPS) is 11.0. The Labute approximate surface area is 170 Å². The van der Waals surface area contributed by atoms with Gasteiger partial charge in [0.05, 0.1) is 25.4 Å². The van der Waals surface area contributed by atoms with Crippen molar-refractivity contribution >= 4 is 18.0 Å². The third-order valence-corrected chi connectivity index (χ3v) is 3.43. The first-order valence-corrected chi connectivity index (χ1v) is 9.43. The second-order valence-corrected chi connectivity index (χ2v) is 7.15. The number of carbonyl (C=O) groups excluding carboxylic acids is 2. The molecular formula is C20H30N2O7. The summed E-state index contributed by atoms with van der Waals surface area (Å²) in [5, 5.41) is 14.2. The van der Waals surface area contributed by atoms with Crippen molar-refractivity contribution in [1.82, 2.24) is 10.6 Å². The zero-order chi connectivity index (χ0) is 21.7. The molecule has 0 aliphatic carbocycles. The van der Waals surface area contributed by atoms with Gasteiger partial charge in [-0.05, 0) is 51.5 Å². The Hall–Kier alpha value is -2.65. The summed E-state index contributed by atoms with van der Waals surface area (Å²) in [6.07, 6.45) is 0.219. The summed E-state index contributed by atoms with van der Waals surface area (Å²) in [5.41, 5.74) is 0.00590. The minimum atomic E-state index is -1.04. The topological polar surface area (TPSA) is 123 Å². The lowest BCUT2D eigenvalue weighted by molar-refractivity contribution is 0.0440. The van der Waals surface area contributed by atoms with Crippen LogP contribution in [0.15, 0.2) is 24.3 Å². The number of carbonyl (C=O) groups is 3. The largest absolute Gasteiger partial charge is 0.478 e. The van der Waals surface area contributed by atoms with Crippen LogP contribution >= 0.6 is 0 Å². The second kappa shape index (κ2) is 12.7. The van der Waals surface area contributed by atoms with E-state index in [1.807, 2.05) is 0 Å². The quantitative estimate of drug-likeness (QED) is 0.451. The first-order valence-electron chi connectivity index (χ1n) is 9.43. The van der Waals surface area contributed by atoms with E-state index in [-0.39, 0.29) is 11.5 Å². The highest BCUT2D eigenvalue weighted by atomic mass is 16.6. The molecule has 0 aliphatic heterocycles. The molecule has 9 heteroatoms. The first-order chi connectivity index (χ1) is 13.7. The van der Waals surface area contributed by atoms with Crippen LogP contribution in [-0.4, -0.2) is 68.2 Å². The number of carboxylic acids is 1. The summed E-state index contributed by atoms with van der Waals surface area (Å²) in [5.74, 6) is -1.33. The number of rotatable bonds is 12. The van der Waals surface area contributed by atoms with Gasteiger partial charge in [0.1, 0.15) is 5.60 Å². The Balaban J connectivity index is 1.97. The molecule has 2 amide bonds. The van der Waals surface area contributed by atoms with Crippen molar-refractivity contribution in [3.05, 3.63) is 35.4 Å². The van der Waals surface area contributed by atoms with Gasteiger partial charge < -0.3 is 30.0 Å². The average Bonchev–Trinajstić information content (AvgIpc) is 2.64. The van der Waals surface area contributed by atoms with Gasteiger partial charge in [-0.3, -0.25) is 4.79 Å². The van der Waals surface area contributed by atoms with Crippen molar-refractivity contribution in [2.45, 2.75) is 32.8 Å². The maximum absolute atomic E-state index is 11.9. The number of nitrogens with one attached hydrogen (secondary N) is 2. The van der Waals surface area contributed by atoms with Crippen LogP contribution in [0, 0.1) is 0 Å². The van der Waals surface area contributed by atoms with Crippen molar-refractivity contribution in [2.75, 3.05) is 39.5 Å². The maximum Gasteiger partial charge on any atom is 0.407 e. The molecule has 0 atom stereocenters. The molecule has 1 aromatic carbocycles.